The molecule has 0 heterocycles. The molecule has 24 heavy (non-hydrogen) atoms. The Balaban J connectivity index is 1.88. The fraction of sp³-hybridized carbons (Fsp3) is 0.111. The van der Waals surface area contributed by atoms with Gasteiger partial charge in [-0.05, 0) is 42.3 Å². The third kappa shape index (κ3) is 5.14. The third-order valence-corrected chi connectivity index (χ3v) is 3.21. The first-order valence-electron chi connectivity index (χ1n) is 7.27. The number of phenols is 1. The highest BCUT2D eigenvalue weighted by Gasteiger charge is 2.08. The van der Waals surface area contributed by atoms with Gasteiger partial charge in [-0.15, -0.1) is 0 Å². The van der Waals surface area contributed by atoms with E-state index in [0.717, 1.165) is 5.56 Å². The number of carbonyl (C=O) groups is 1. The molecule has 0 aliphatic carbocycles. The van der Waals surface area contributed by atoms with Gasteiger partial charge in [-0.25, -0.2) is 4.39 Å². The van der Waals surface area contributed by atoms with Gasteiger partial charge in [0, 0.05) is 18.4 Å². The normalized spacial score (nSPS) is 10.8. The Morgan fingerprint density at radius 3 is 2.67 bits per heavy atom. The average molecular weight is 325 g/mol. The van der Waals surface area contributed by atoms with Crippen LogP contribution in [0.5, 0.6) is 5.75 Å². The lowest BCUT2D eigenvalue weighted by molar-refractivity contribution is -0.117. The van der Waals surface area contributed by atoms with Crippen LogP contribution in [-0.4, -0.2) is 17.6 Å². The van der Waals surface area contributed by atoms with E-state index in [-0.39, 0.29) is 11.3 Å². The minimum atomic E-state index is -0.514. The molecule has 0 unspecified atom stereocenters. The summed E-state index contributed by atoms with van der Waals surface area (Å²) >= 11 is 0. The number of nitrogens with one attached hydrogen (secondary N) is 2. The molecule has 0 bridgehead atoms. The summed E-state index contributed by atoms with van der Waals surface area (Å²) in [6, 6.07) is 14.2. The van der Waals surface area contributed by atoms with Gasteiger partial charge in [-0.3, -0.25) is 4.79 Å². The third-order valence-electron chi connectivity index (χ3n) is 3.21. The smallest absolute Gasteiger partial charge is 0.263 e. The summed E-state index contributed by atoms with van der Waals surface area (Å²) < 4.78 is 13.1. The van der Waals surface area contributed by atoms with Gasteiger partial charge in [-0.1, -0.05) is 18.2 Å². The Bertz CT molecular complexity index is 780. The van der Waals surface area contributed by atoms with Crippen molar-refractivity contribution in [3.05, 3.63) is 71.7 Å². The molecule has 0 aliphatic heterocycles. The minimum Gasteiger partial charge on any atom is -0.508 e. The zero-order chi connectivity index (χ0) is 17.4. The van der Waals surface area contributed by atoms with Crippen molar-refractivity contribution in [3.63, 3.8) is 0 Å². The molecule has 6 heteroatoms. The minimum absolute atomic E-state index is 0.107. The topological polar surface area (TPSA) is 85.2 Å². The maximum atomic E-state index is 13.1. The lowest BCUT2D eigenvalue weighted by Gasteiger charge is -2.06. The van der Waals surface area contributed by atoms with Crippen LogP contribution in [0.15, 0.2) is 60.3 Å². The number of hydrogen-bond acceptors (Lipinski definition) is 4. The number of anilines is 1. The average Bonchev–Trinajstić information content (AvgIpc) is 2.57. The van der Waals surface area contributed by atoms with Crippen LogP contribution < -0.4 is 10.6 Å². The molecule has 0 aliphatic rings. The molecule has 122 valence electrons. The highest BCUT2D eigenvalue weighted by molar-refractivity contribution is 5.97. The Labute approximate surface area is 139 Å². The van der Waals surface area contributed by atoms with Crippen molar-refractivity contribution in [2.24, 2.45) is 0 Å². The molecule has 2 aromatic carbocycles. The van der Waals surface area contributed by atoms with Crippen LogP contribution in [0, 0.1) is 17.1 Å². The molecular formula is C18H16FN3O2. The number of rotatable bonds is 6. The number of aromatic hydroxyl groups is 1. The molecule has 0 aromatic heterocycles. The van der Waals surface area contributed by atoms with Crippen LogP contribution in [0.4, 0.5) is 10.1 Å². The zero-order valence-corrected chi connectivity index (χ0v) is 12.8. The second kappa shape index (κ2) is 8.34. The molecule has 2 rings (SSSR count). The molecule has 3 N–H and O–H groups in total. The zero-order valence-electron chi connectivity index (χ0n) is 12.8. The number of nitrogens with zero attached hydrogens (tertiary/aromatic N) is 1. The maximum Gasteiger partial charge on any atom is 0.263 e. The number of amides is 1. The number of benzene rings is 2. The molecule has 0 saturated carbocycles. The first-order valence-corrected chi connectivity index (χ1v) is 7.27. The van der Waals surface area contributed by atoms with E-state index in [4.69, 9.17) is 5.26 Å². The number of halogens is 1. The first kappa shape index (κ1) is 17.0. The van der Waals surface area contributed by atoms with Crippen molar-refractivity contribution in [3.8, 4) is 11.8 Å². The van der Waals surface area contributed by atoms with Crippen molar-refractivity contribution in [2.45, 2.75) is 6.42 Å². The van der Waals surface area contributed by atoms with Gasteiger partial charge >= 0.3 is 0 Å². The monoisotopic (exact) mass is 325 g/mol. The van der Waals surface area contributed by atoms with Gasteiger partial charge in [-0.2, -0.15) is 5.26 Å². The molecule has 0 spiro atoms. The van der Waals surface area contributed by atoms with Crippen LogP contribution in [-0.2, 0) is 11.2 Å². The van der Waals surface area contributed by atoms with Crippen LogP contribution in [0.2, 0.25) is 0 Å². The summed E-state index contributed by atoms with van der Waals surface area (Å²) in [6.07, 6.45) is 1.81. The van der Waals surface area contributed by atoms with E-state index in [1.54, 1.807) is 36.4 Å². The van der Waals surface area contributed by atoms with Gasteiger partial charge in [0.1, 0.15) is 23.2 Å². The van der Waals surface area contributed by atoms with E-state index < -0.39 is 11.7 Å². The van der Waals surface area contributed by atoms with Crippen molar-refractivity contribution in [1.29, 1.82) is 5.26 Å². The summed E-state index contributed by atoms with van der Waals surface area (Å²) in [7, 11) is 0. The largest absolute Gasteiger partial charge is 0.508 e. The summed E-state index contributed by atoms with van der Waals surface area (Å²) in [5.41, 5.74) is 1.29. The molecule has 2 aromatic rings. The predicted molar refractivity (Wildman–Crippen MR) is 88.5 cm³/mol. The number of carbonyl (C=O) groups excluding carboxylic acids is 1. The quantitative estimate of drug-likeness (QED) is 0.563. The van der Waals surface area contributed by atoms with Crippen LogP contribution >= 0.6 is 0 Å². The Morgan fingerprint density at radius 2 is 2.00 bits per heavy atom. The molecule has 0 atom stereocenters. The van der Waals surface area contributed by atoms with E-state index in [1.165, 1.54) is 24.4 Å². The summed E-state index contributed by atoms with van der Waals surface area (Å²) in [5, 5.41) is 23.6. The Morgan fingerprint density at radius 1 is 1.25 bits per heavy atom. The van der Waals surface area contributed by atoms with Crippen LogP contribution in [0.25, 0.3) is 0 Å². The van der Waals surface area contributed by atoms with Gasteiger partial charge in [0.2, 0.25) is 0 Å². The summed E-state index contributed by atoms with van der Waals surface area (Å²) in [5.74, 6) is -0.744. The number of nitriles is 1. The Kier molecular flexibility index (Phi) is 5.92. The summed E-state index contributed by atoms with van der Waals surface area (Å²) in [4.78, 5) is 12.0. The fourth-order valence-electron chi connectivity index (χ4n) is 1.96. The highest BCUT2D eigenvalue weighted by Crippen LogP contribution is 2.10. The number of phenolic OH excluding ortho intramolecular Hbond substituents is 1. The van der Waals surface area contributed by atoms with Gasteiger partial charge in [0.05, 0.1) is 0 Å². The molecular weight excluding hydrogens is 309 g/mol. The summed E-state index contributed by atoms with van der Waals surface area (Å²) in [6.45, 7) is 0.350. The van der Waals surface area contributed by atoms with Gasteiger partial charge < -0.3 is 15.7 Å². The fourth-order valence-corrected chi connectivity index (χ4v) is 1.96. The number of hydrogen-bond donors (Lipinski definition) is 3. The van der Waals surface area contributed by atoms with E-state index in [1.807, 2.05) is 0 Å². The predicted octanol–water partition coefficient (Wildman–Crippen LogP) is 2.71. The second-order valence-corrected chi connectivity index (χ2v) is 5.00. The second-order valence-electron chi connectivity index (χ2n) is 5.00. The van der Waals surface area contributed by atoms with Gasteiger partial charge in [0.15, 0.2) is 0 Å². The molecule has 0 radical (unpaired) electrons. The SMILES string of the molecule is N#C/C(=C/Nc1cccc(F)c1)C(=O)NCCc1ccc(O)cc1. The molecule has 0 saturated heterocycles. The van der Waals surface area contributed by atoms with Crippen molar-refractivity contribution >= 4 is 11.6 Å². The van der Waals surface area contributed by atoms with Crippen LogP contribution in [0.1, 0.15) is 5.56 Å². The van der Waals surface area contributed by atoms with E-state index in [9.17, 15) is 14.3 Å². The lowest BCUT2D eigenvalue weighted by Crippen LogP contribution is -2.27. The highest BCUT2D eigenvalue weighted by atomic mass is 19.1. The van der Waals surface area contributed by atoms with Crippen molar-refractivity contribution in [1.82, 2.24) is 5.32 Å². The first-order chi connectivity index (χ1) is 11.6. The maximum absolute atomic E-state index is 13.1. The van der Waals surface area contributed by atoms with Gasteiger partial charge in [0.25, 0.3) is 5.91 Å². The Hall–Kier alpha value is -3.33. The van der Waals surface area contributed by atoms with E-state index in [0.29, 0.717) is 18.7 Å². The molecule has 1 amide bonds. The molecule has 5 nitrogen and oxygen atoms in total. The van der Waals surface area contributed by atoms with E-state index >= 15 is 0 Å². The lowest BCUT2D eigenvalue weighted by atomic mass is 10.1. The van der Waals surface area contributed by atoms with E-state index in [2.05, 4.69) is 10.6 Å². The standard InChI is InChI=1S/C18H16FN3O2/c19-15-2-1-3-16(10-15)22-12-14(11-20)18(24)21-9-8-13-4-6-17(23)7-5-13/h1-7,10,12,22-23H,8-9H2,(H,21,24)/b14-12-. The molecule has 0 fully saturated rings. The van der Waals surface area contributed by atoms with Crippen molar-refractivity contribution in [2.75, 3.05) is 11.9 Å². The van der Waals surface area contributed by atoms with Crippen molar-refractivity contribution < 1.29 is 14.3 Å². The van der Waals surface area contributed by atoms with Crippen LogP contribution in [0.3, 0.4) is 0 Å².